The van der Waals surface area contributed by atoms with E-state index in [0.717, 1.165) is 40.3 Å². The van der Waals surface area contributed by atoms with E-state index >= 15 is 0 Å². The molecule has 0 amide bonds. The van der Waals surface area contributed by atoms with Crippen LogP contribution in [-0.4, -0.2) is 36.2 Å². The van der Waals surface area contributed by atoms with Crippen LogP contribution in [0, 0.1) is 0 Å². The third kappa shape index (κ3) is 4.76. The van der Waals surface area contributed by atoms with Crippen LogP contribution in [0.2, 0.25) is 0 Å². The first kappa shape index (κ1) is 21.6. The Hall–Kier alpha value is -3.24. The summed E-state index contributed by atoms with van der Waals surface area (Å²) in [4.78, 5) is 2.49. The van der Waals surface area contributed by atoms with Crippen molar-refractivity contribution in [1.82, 2.24) is 4.90 Å². The standard InChI is InChI=1S/C29H31NO3/c1-21-26-7-3-4-8-27(26)33-29(28(21)22-9-13-24(31)14-10-22)23-11-15-25(16-12-23)32-20-19-30-17-5-2-6-18-30/h3-4,7-16,29,31H,2,5-6,17-20H2,1H3. The van der Waals surface area contributed by atoms with Crippen molar-refractivity contribution >= 4 is 11.1 Å². The van der Waals surface area contributed by atoms with E-state index in [9.17, 15) is 5.11 Å². The van der Waals surface area contributed by atoms with E-state index < -0.39 is 0 Å². The Morgan fingerprint density at radius 1 is 0.909 bits per heavy atom. The van der Waals surface area contributed by atoms with Crippen LogP contribution in [0.1, 0.15) is 49.0 Å². The number of hydrogen-bond donors (Lipinski definition) is 1. The van der Waals surface area contributed by atoms with E-state index in [1.165, 1.54) is 37.9 Å². The number of aromatic hydroxyl groups is 1. The average molecular weight is 442 g/mol. The number of phenols is 1. The van der Waals surface area contributed by atoms with Crippen LogP contribution in [0.4, 0.5) is 0 Å². The molecule has 4 heteroatoms. The van der Waals surface area contributed by atoms with E-state index in [4.69, 9.17) is 9.47 Å². The molecule has 1 unspecified atom stereocenters. The largest absolute Gasteiger partial charge is 0.508 e. The lowest BCUT2D eigenvalue weighted by atomic mass is 9.86. The highest BCUT2D eigenvalue weighted by atomic mass is 16.5. The molecule has 0 saturated carbocycles. The van der Waals surface area contributed by atoms with E-state index in [-0.39, 0.29) is 11.9 Å². The molecule has 3 aromatic carbocycles. The minimum atomic E-state index is -0.230. The molecule has 1 saturated heterocycles. The molecule has 1 atom stereocenters. The van der Waals surface area contributed by atoms with Crippen LogP contribution >= 0.6 is 0 Å². The second kappa shape index (κ2) is 9.72. The highest BCUT2D eigenvalue weighted by Crippen LogP contribution is 2.46. The normalized spacial score (nSPS) is 18.5. The maximum atomic E-state index is 9.78. The highest BCUT2D eigenvalue weighted by molar-refractivity contribution is 5.95. The van der Waals surface area contributed by atoms with Gasteiger partial charge in [-0.05, 0) is 79.9 Å². The number of ether oxygens (including phenoxy) is 2. The number of allylic oxidation sites excluding steroid dienone is 1. The second-order valence-electron chi connectivity index (χ2n) is 8.90. The van der Waals surface area contributed by atoms with Gasteiger partial charge in [-0.15, -0.1) is 0 Å². The molecule has 2 aliphatic rings. The molecule has 0 bridgehead atoms. The lowest BCUT2D eigenvalue weighted by Crippen LogP contribution is -2.33. The summed E-state index contributed by atoms with van der Waals surface area (Å²) in [5, 5.41) is 9.78. The number of benzene rings is 3. The zero-order chi connectivity index (χ0) is 22.6. The summed E-state index contributed by atoms with van der Waals surface area (Å²) < 4.78 is 12.5. The molecule has 0 radical (unpaired) electrons. The van der Waals surface area contributed by atoms with Gasteiger partial charge in [-0.3, -0.25) is 4.90 Å². The lowest BCUT2D eigenvalue weighted by Gasteiger charge is -2.31. The van der Waals surface area contributed by atoms with Crippen LogP contribution in [-0.2, 0) is 0 Å². The van der Waals surface area contributed by atoms with E-state index in [0.29, 0.717) is 6.61 Å². The Morgan fingerprint density at radius 3 is 2.39 bits per heavy atom. The SMILES string of the molecule is CC1=C(c2ccc(O)cc2)C(c2ccc(OCCN3CCCCC3)cc2)Oc2ccccc21. The molecule has 170 valence electrons. The van der Waals surface area contributed by atoms with Crippen LogP contribution < -0.4 is 9.47 Å². The van der Waals surface area contributed by atoms with Crippen molar-refractivity contribution in [3.63, 3.8) is 0 Å². The summed E-state index contributed by atoms with van der Waals surface area (Å²) in [5.41, 5.74) is 5.54. The van der Waals surface area contributed by atoms with Crippen LogP contribution in [0.15, 0.2) is 72.8 Å². The van der Waals surface area contributed by atoms with Crippen molar-refractivity contribution in [3.05, 3.63) is 89.5 Å². The monoisotopic (exact) mass is 441 g/mol. The summed E-state index contributed by atoms with van der Waals surface area (Å²) in [7, 11) is 0. The zero-order valence-corrected chi connectivity index (χ0v) is 19.2. The summed E-state index contributed by atoms with van der Waals surface area (Å²) in [6.45, 7) is 6.22. The number of piperidine rings is 1. The zero-order valence-electron chi connectivity index (χ0n) is 19.2. The Bertz CT molecular complexity index is 1110. The van der Waals surface area contributed by atoms with Gasteiger partial charge in [0.05, 0.1) is 0 Å². The van der Waals surface area contributed by atoms with Gasteiger partial charge in [0.2, 0.25) is 0 Å². The molecule has 33 heavy (non-hydrogen) atoms. The Kier molecular flexibility index (Phi) is 6.36. The van der Waals surface area contributed by atoms with Crippen molar-refractivity contribution in [2.24, 2.45) is 0 Å². The number of para-hydroxylation sites is 1. The van der Waals surface area contributed by atoms with Gasteiger partial charge in [0.25, 0.3) is 0 Å². The van der Waals surface area contributed by atoms with Gasteiger partial charge in [-0.25, -0.2) is 0 Å². The number of phenolic OH excluding ortho intramolecular Hbond substituents is 1. The number of hydrogen-bond acceptors (Lipinski definition) is 4. The summed E-state index contributed by atoms with van der Waals surface area (Å²) in [5.74, 6) is 2.04. The Balaban J connectivity index is 1.37. The minimum Gasteiger partial charge on any atom is -0.508 e. The molecule has 4 nitrogen and oxygen atoms in total. The molecule has 3 aromatic rings. The third-order valence-electron chi connectivity index (χ3n) is 6.69. The second-order valence-corrected chi connectivity index (χ2v) is 8.90. The van der Waals surface area contributed by atoms with Gasteiger partial charge in [0.1, 0.15) is 30.0 Å². The van der Waals surface area contributed by atoms with Crippen LogP contribution in [0.3, 0.4) is 0 Å². The van der Waals surface area contributed by atoms with E-state index in [1.807, 2.05) is 42.5 Å². The van der Waals surface area contributed by atoms with Gasteiger partial charge in [0, 0.05) is 17.7 Å². The summed E-state index contributed by atoms with van der Waals surface area (Å²) in [6.07, 6.45) is 3.73. The molecule has 2 aliphatic heterocycles. The molecule has 0 aliphatic carbocycles. The first-order chi connectivity index (χ1) is 16.2. The van der Waals surface area contributed by atoms with Crippen molar-refractivity contribution in [2.45, 2.75) is 32.3 Å². The fourth-order valence-corrected chi connectivity index (χ4v) is 4.86. The number of nitrogens with zero attached hydrogens (tertiary/aromatic N) is 1. The van der Waals surface area contributed by atoms with Gasteiger partial charge < -0.3 is 14.6 Å². The van der Waals surface area contributed by atoms with Crippen molar-refractivity contribution in [1.29, 1.82) is 0 Å². The maximum absolute atomic E-state index is 9.78. The van der Waals surface area contributed by atoms with Gasteiger partial charge in [-0.1, -0.05) is 48.9 Å². The summed E-state index contributed by atoms with van der Waals surface area (Å²) >= 11 is 0. The number of fused-ring (bicyclic) bond motifs is 1. The fourth-order valence-electron chi connectivity index (χ4n) is 4.86. The maximum Gasteiger partial charge on any atom is 0.150 e. The first-order valence-electron chi connectivity index (χ1n) is 11.9. The summed E-state index contributed by atoms with van der Waals surface area (Å²) in [6, 6.07) is 23.8. The molecule has 1 fully saturated rings. The Labute approximate surface area is 196 Å². The van der Waals surface area contributed by atoms with Crippen molar-refractivity contribution in [2.75, 3.05) is 26.2 Å². The van der Waals surface area contributed by atoms with Crippen LogP contribution in [0.25, 0.3) is 11.1 Å². The number of likely N-dealkylation sites (tertiary alicyclic amines) is 1. The topological polar surface area (TPSA) is 41.9 Å². The van der Waals surface area contributed by atoms with Gasteiger partial charge in [0.15, 0.2) is 0 Å². The molecular formula is C29H31NO3. The Morgan fingerprint density at radius 2 is 1.64 bits per heavy atom. The molecule has 1 N–H and O–H groups in total. The van der Waals surface area contributed by atoms with E-state index in [1.54, 1.807) is 12.1 Å². The van der Waals surface area contributed by atoms with Gasteiger partial charge >= 0.3 is 0 Å². The van der Waals surface area contributed by atoms with Gasteiger partial charge in [-0.2, -0.15) is 0 Å². The highest BCUT2D eigenvalue weighted by Gasteiger charge is 2.29. The number of rotatable bonds is 6. The smallest absolute Gasteiger partial charge is 0.150 e. The molecule has 0 aromatic heterocycles. The predicted molar refractivity (Wildman–Crippen MR) is 133 cm³/mol. The fraction of sp³-hybridized carbons (Fsp3) is 0.310. The molecule has 5 rings (SSSR count). The molecular weight excluding hydrogens is 410 g/mol. The van der Waals surface area contributed by atoms with Crippen molar-refractivity contribution < 1.29 is 14.6 Å². The first-order valence-corrected chi connectivity index (χ1v) is 11.9. The molecule has 2 heterocycles. The lowest BCUT2D eigenvalue weighted by molar-refractivity contribution is 0.183. The van der Waals surface area contributed by atoms with Crippen molar-refractivity contribution in [3.8, 4) is 17.2 Å². The predicted octanol–water partition coefficient (Wildman–Crippen LogP) is 6.32. The van der Waals surface area contributed by atoms with E-state index in [2.05, 4.69) is 30.0 Å². The minimum absolute atomic E-state index is 0.230. The molecule has 0 spiro atoms. The van der Waals surface area contributed by atoms with Crippen LogP contribution in [0.5, 0.6) is 17.2 Å². The quantitative estimate of drug-likeness (QED) is 0.486. The third-order valence-corrected chi connectivity index (χ3v) is 6.69. The average Bonchev–Trinajstić information content (AvgIpc) is 2.86.